The van der Waals surface area contributed by atoms with Gasteiger partial charge in [-0.25, -0.2) is 0 Å². The third-order valence-electron chi connectivity index (χ3n) is 4.11. The minimum atomic E-state index is -0.560. The third kappa shape index (κ3) is 4.54. The van der Waals surface area contributed by atoms with E-state index >= 15 is 0 Å². The van der Waals surface area contributed by atoms with Crippen molar-refractivity contribution in [2.24, 2.45) is 0 Å². The third-order valence-corrected chi connectivity index (χ3v) is 4.11. The summed E-state index contributed by atoms with van der Waals surface area (Å²) in [4.78, 5) is 12.1. The summed E-state index contributed by atoms with van der Waals surface area (Å²) >= 11 is 0. The highest BCUT2D eigenvalue weighted by atomic mass is 16.5. The van der Waals surface area contributed by atoms with Gasteiger partial charge >= 0.3 is 0 Å². The maximum atomic E-state index is 12.1. The predicted molar refractivity (Wildman–Crippen MR) is 104 cm³/mol. The van der Waals surface area contributed by atoms with E-state index in [1.165, 1.54) is 0 Å². The van der Waals surface area contributed by atoms with E-state index in [0.29, 0.717) is 18.9 Å². The second kappa shape index (κ2) is 8.39. The highest BCUT2D eigenvalue weighted by Gasteiger charge is 2.14. The number of aryl methyl sites for hydroxylation is 1. The molecule has 3 aromatic rings. The lowest BCUT2D eigenvalue weighted by Crippen LogP contribution is -2.38. The monoisotopic (exact) mass is 349 g/mol. The molecule has 1 unspecified atom stereocenters. The van der Waals surface area contributed by atoms with Crippen LogP contribution in [-0.4, -0.2) is 25.2 Å². The van der Waals surface area contributed by atoms with E-state index in [4.69, 9.17) is 9.47 Å². The number of amides is 1. The number of fused-ring (bicyclic) bond motifs is 1. The van der Waals surface area contributed by atoms with Gasteiger partial charge in [0.15, 0.2) is 6.10 Å². The highest BCUT2D eigenvalue weighted by Crippen LogP contribution is 2.24. The van der Waals surface area contributed by atoms with Gasteiger partial charge in [-0.3, -0.25) is 4.79 Å². The van der Waals surface area contributed by atoms with Crippen LogP contribution < -0.4 is 14.8 Å². The first kappa shape index (κ1) is 17.8. The van der Waals surface area contributed by atoms with Gasteiger partial charge in [0.1, 0.15) is 18.1 Å². The molecule has 0 saturated heterocycles. The summed E-state index contributed by atoms with van der Waals surface area (Å²) in [6, 6.07) is 21.7. The molecule has 0 saturated carbocycles. The Labute approximate surface area is 153 Å². The van der Waals surface area contributed by atoms with Gasteiger partial charge in [0, 0.05) is 5.39 Å². The predicted octanol–water partition coefficient (Wildman–Crippen LogP) is 4.11. The van der Waals surface area contributed by atoms with Crippen molar-refractivity contribution in [1.82, 2.24) is 5.32 Å². The van der Waals surface area contributed by atoms with Crippen LogP contribution in [0, 0.1) is 6.92 Å². The van der Waals surface area contributed by atoms with Crippen molar-refractivity contribution < 1.29 is 14.3 Å². The van der Waals surface area contributed by atoms with Crippen LogP contribution in [0.3, 0.4) is 0 Å². The molecule has 0 spiro atoms. The van der Waals surface area contributed by atoms with Crippen LogP contribution in [0.25, 0.3) is 10.8 Å². The second-order valence-electron chi connectivity index (χ2n) is 6.19. The Bertz CT molecular complexity index is 869. The van der Waals surface area contributed by atoms with Crippen molar-refractivity contribution in [3.8, 4) is 11.5 Å². The van der Waals surface area contributed by atoms with Crippen LogP contribution in [-0.2, 0) is 4.79 Å². The molecular weight excluding hydrogens is 326 g/mol. The van der Waals surface area contributed by atoms with E-state index in [1.807, 2.05) is 73.7 Å². The molecule has 4 heteroatoms. The first-order valence-electron chi connectivity index (χ1n) is 8.75. The fourth-order valence-corrected chi connectivity index (χ4v) is 2.67. The van der Waals surface area contributed by atoms with Crippen LogP contribution in [0.2, 0.25) is 0 Å². The smallest absolute Gasteiger partial charge is 0.260 e. The minimum Gasteiger partial charge on any atom is -0.491 e. The second-order valence-corrected chi connectivity index (χ2v) is 6.19. The summed E-state index contributed by atoms with van der Waals surface area (Å²) in [5.74, 6) is 1.35. The van der Waals surface area contributed by atoms with E-state index in [1.54, 1.807) is 6.92 Å². The Hall–Kier alpha value is -3.01. The maximum Gasteiger partial charge on any atom is 0.260 e. The Kier molecular flexibility index (Phi) is 5.74. The summed E-state index contributed by atoms with van der Waals surface area (Å²) in [5, 5.41) is 5.04. The molecule has 0 aromatic heterocycles. The molecule has 3 rings (SSSR count). The molecule has 0 heterocycles. The average Bonchev–Trinajstić information content (AvgIpc) is 2.67. The summed E-state index contributed by atoms with van der Waals surface area (Å²) in [7, 11) is 0. The summed E-state index contributed by atoms with van der Waals surface area (Å²) in [5.41, 5.74) is 1.15. The lowest BCUT2D eigenvalue weighted by molar-refractivity contribution is -0.127. The Balaban J connectivity index is 1.46. The van der Waals surface area contributed by atoms with Gasteiger partial charge in [-0.2, -0.15) is 0 Å². The molecule has 1 N–H and O–H groups in total. The lowest BCUT2D eigenvalue weighted by Gasteiger charge is -2.15. The molecular formula is C22H23NO3. The molecule has 1 atom stereocenters. The Morgan fingerprint density at radius 2 is 1.73 bits per heavy atom. The molecule has 134 valence electrons. The van der Waals surface area contributed by atoms with E-state index in [2.05, 4.69) is 5.32 Å². The van der Waals surface area contributed by atoms with Gasteiger partial charge in [-0.05, 0) is 37.4 Å². The molecule has 1 amide bonds. The van der Waals surface area contributed by atoms with Crippen molar-refractivity contribution in [2.45, 2.75) is 20.0 Å². The van der Waals surface area contributed by atoms with E-state index in [0.717, 1.165) is 22.1 Å². The molecule has 0 aliphatic carbocycles. The SMILES string of the molecule is Cc1ccc(OC(C)C(=O)NCCOc2cccc3ccccc23)cc1. The maximum absolute atomic E-state index is 12.1. The zero-order valence-electron chi connectivity index (χ0n) is 15.1. The van der Waals surface area contributed by atoms with E-state index in [9.17, 15) is 4.79 Å². The number of carbonyl (C=O) groups excluding carboxylic acids is 1. The number of ether oxygens (including phenoxy) is 2. The molecule has 0 radical (unpaired) electrons. The van der Waals surface area contributed by atoms with Gasteiger partial charge in [-0.15, -0.1) is 0 Å². The van der Waals surface area contributed by atoms with Crippen molar-refractivity contribution in [1.29, 1.82) is 0 Å². The first-order valence-corrected chi connectivity index (χ1v) is 8.75. The molecule has 26 heavy (non-hydrogen) atoms. The van der Waals surface area contributed by atoms with Gasteiger partial charge in [0.25, 0.3) is 5.91 Å². The number of benzene rings is 3. The van der Waals surface area contributed by atoms with Gasteiger partial charge < -0.3 is 14.8 Å². The van der Waals surface area contributed by atoms with Crippen molar-refractivity contribution in [3.63, 3.8) is 0 Å². The van der Waals surface area contributed by atoms with Crippen molar-refractivity contribution >= 4 is 16.7 Å². The normalized spacial score (nSPS) is 11.8. The van der Waals surface area contributed by atoms with E-state index < -0.39 is 6.10 Å². The first-order chi connectivity index (χ1) is 12.6. The summed E-state index contributed by atoms with van der Waals surface area (Å²) < 4.78 is 11.5. The number of hydrogen-bond acceptors (Lipinski definition) is 3. The quantitative estimate of drug-likeness (QED) is 0.653. The molecule has 4 nitrogen and oxygen atoms in total. The van der Waals surface area contributed by atoms with Crippen LogP contribution >= 0.6 is 0 Å². The fraction of sp³-hybridized carbons (Fsp3) is 0.227. The number of carbonyl (C=O) groups is 1. The van der Waals surface area contributed by atoms with Gasteiger partial charge in [0.05, 0.1) is 6.54 Å². The van der Waals surface area contributed by atoms with Crippen molar-refractivity contribution in [2.75, 3.05) is 13.2 Å². The zero-order chi connectivity index (χ0) is 18.4. The van der Waals surface area contributed by atoms with Gasteiger partial charge in [0.2, 0.25) is 0 Å². The van der Waals surface area contributed by atoms with E-state index in [-0.39, 0.29) is 5.91 Å². The topological polar surface area (TPSA) is 47.6 Å². The summed E-state index contributed by atoms with van der Waals surface area (Å²) in [6.45, 7) is 4.57. The Morgan fingerprint density at radius 1 is 1.00 bits per heavy atom. The minimum absolute atomic E-state index is 0.160. The molecule has 0 bridgehead atoms. The number of rotatable bonds is 7. The highest BCUT2D eigenvalue weighted by molar-refractivity contribution is 5.88. The summed E-state index contributed by atoms with van der Waals surface area (Å²) in [6.07, 6.45) is -0.560. The number of nitrogens with one attached hydrogen (secondary N) is 1. The lowest BCUT2D eigenvalue weighted by atomic mass is 10.1. The zero-order valence-corrected chi connectivity index (χ0v) is 15.1. The molecule has 0 aliphatic rings. The van der Waals surface area contributed by atoms with Crippen molar-refractivity contribution in [3.05, 3.63) is 72.3 Å². The van der Waals surface area contributed by atoms with Crippen LogP contribution in [0.1, 0.15) is 12.5 Å². The fourth-order valence-electron chi connectivity index (χ4n) is 2.67. The molecule has 3 aromatic carbocycles. The van der Waals surface area contributed by atoms with Crippen LogP contribution in [0.5, 0.6) is 11.5 Å². The molecule has 0 fully saturated rings. The standard InChI is InChI=1S/C22H23NO3/c1-16-10-12-19(13-11-16)26-17(2)22(24)23-14-15-25-21-9-5-7-18-6-3-4-8-20(18)21/h3-13,17H,14-15H2,1-2H3,(H,23,24). The largest absolute Gasteiger partial charge is 0.491 e. The van der Waals surface area contributed by atoms with Crippen LogP contribution in [0.4, 0.5) is 0 Å². The molecule has 0 aliphatic heterocycles. The van der Waals surface area contributed by atoms with Crippen LogP contribution in [0.15, 0.2) is 66.7 Å². The Morgan fingerprint density at radius 3 is 2.54 bits per heavy atom. The average molecular weight is 349 g/mol. The van der Waals surface area contributed by atoms with Gasteiger partial charge in [-0.1, -0.05) is 54.1 Å². The number of hydrogen-bond donors (Lipinski definition) is 1.